The number of rotatable bonds is 8. The third kappa shape index (κ3) is 4.88. The number of carbonyl (C=O) groups excluding carboxylic acids is 1. The van der Waals surface area contributed by atoms with Gasteiger partial charge in [0, 0.05) is 29.6 Å². The molecule has 224 valence electrons. The summed E-state index contributed by atoms with van der Waals surface area (Å²) in [7, 11) is 0.722. The largest absolute Gasteiger partial charge is 0.496 e. The van der Waals surface area contributed by atoms with Gasteiger partial charge in [-0.15, -0.1) is 0 Å². The topological polar surface area (TPSA) is 138 Å². The number of nitrogens with zero attached hydrogens (tertiary/aromatic N) is 2. The molecule has 4 aromatic carbocycles. The lowest BCUT2D eigenvalue weighted by atomic mass is 9.97. The Bertz CT molecular complexity index is 2190. The molecule has 1 amide bonds. The van der Waals surface area contributed by atoms with Crippen molar-refractivity contribution in [3.63, 3.8) is 0 Å². The van der Waals surface area contributed by atoms with Crippen molar-refractivity contribution in [2.24, 2.45) is 5.73 Å². The molecule has 0 atom stereocenters. The number of para-hydroxylation sites is 1. The predicted octanol–water partition coefficient (Wildman–Crippen LogP) is 6.23. The van der Waals surface area contributed by atoms with Crippen LogP contribution in [0.2, 0.25) is 0 Å². The maximum absolute atomic E-state index is 13.7. The molecule has 0 radical (unpaired) electrons. The summed E-state index contributed by atoms with van der Waals surface area (Å²) < 4.78 is 63.5. The number of primary amides is 1. The number of halogens is 1. The summed E-state index contributed by atoms with van der Waals surface area (Å²) in [6, 6.07) is 19.1. The summed E-state index contributed by atoms with van der Waals surface area (Å²) in [5.74, 6) is 0.145. The van der Waals surface area contributed by atoms with Crippen LogP contribution in [0, 0.1) is 5.82 Å². The van der Waals surface area contributed by atoms with E-state index in [2.05, 4.69) is 4.98 Å². The van der Waals surface area contributed by atoms with Crippen LogP contribution in [0.4, 0.5) is 10.1 Å². The van der Waals surface area contributed by atoms with Gasteiger partial charge < -0.3 is 24.0 Å². The zero-order valence-corrected chi connectivity index (χ0v) is 24.9. The lowest BCUT2D eigenvalue weighted by Gasteiger charge is -2.21. The third-order valence-electron chi connectivity index (χ3n) is 7.34. The molecule has 10 nitrogen and oxygen atoms in total. The molecule has 0 spiro atoms. The number of oxazole rings is 1. The summed E-state index contributed by atoms with van der Waals surface area (Å²) in [6.07, 6.45) is 1.08. The molecule has 0 aliphatic heterocycles. The number of anilines is 1. The Balaban J connectivity index is 1.62. The average molecular weight is 616 g/mol. The number of furan rings is 1. The molecule has 6 aromatic rings. The van der Waals surface area contributed by atoms with E-state index in [1.54, 1.807) is 42.5 Å². The van der Waals surface area contributed by atoms with Gasteiger partial charge in [-0.1, -0.05) is 12.1 Å². The molecule has 2 N–H and O–H groups in total. The van der Waals surface area contributed by atoms with E-state index in [-0.39, 0.29) is 28.5 Å². The monoisotopic (exact) mass is 615 g/mol. The highest BCUT2D eigenvalue weighted by molar-refractivity contribution is 7.92. The molecule has 0 saturated heterocycles. The Hall–Kier alpha value is -5.36. The van der Waals surface area contributed by atoms with Crippen LogP contribution in [-0.4, -0.2) is 46.8 Å². The number of benzene rings is 4. The molecule has 0 aliphatic rings. The Labute approximate surface area is 251 Å². The zero-order chi connectivity index (χ0) is 31.3. The van der Waals surface area contributed by atoms with Crippen molar-refractivity contribution in [1.29, 1.82) is 0 Å². The zero-order valence-electron chi connectivity index (χ0n) is 24.0. The summed E-state index contributed by atoms with van der Waals surface area (Å²) in [6.45, 7) is 0. The second-order valence-electron chi connectivity index (χ2n) is 10.0. The van der Waals surface area contributed by atoms with Crippen LogP contribution < -0.4 is 19.5 Å². The molecule has 0 saturated carbocycles. The molecule has 2 heterocycles. The van der Waals surface area contributed by atoms with E-state index < -0.39 is 21.7 Å². The maximum atomic E-state index is 13.7. The Morgan fingerprint density at radius 2 is 1.59 bits per heavy atom. The number of amides is 1. The minimum Gasteiger partial charge on any atom is -0.496 e. The van der Waals surface area contributed by atoms with E-state index in [9.17, 15) is 17.6 Å². The van der Waals surface area contributed by atoms with Gasteiger partial charge in [0.05, 0.1) is 37.3 Å². The molecule has 12 heteroatoms. The van der Waals surface area contributed by atoms with Crippen LogP contribution in [0.3, 0.4) is 0 Å². The normalized spacial score (nSPS) is 11.7. The molecule has 6 rings (SSSR count). The number of sulfonamides is 1. The number of aromatic nitrogens is 1. The quantitative estimate of drug-likeness (QED) is 0.213. The van der Waals surface area contributed by atoms with Gasteiger partial charge in [-0.2, -0.15) is 0 Å². The number of methoxy groups -OCH3 is 2. The van der Waals surface area contributed by atoms with Crippen LogP contribution in [0.5, 0.6) is 11.5 Å². The molecule has 0 unspecified atom stereocenters. The van der Waals surface area contributed by atoms with E-state index in [1.807, 2.05) is 0 Å². The van der Waals surface area contributed by atoms with Gasteiger partial charge >= 0.3 is 0 Å². The number of hydrogen-bond donors (Lipinski definition) is 1. The van der Waals surface area contributed by atoms with E-state index in [0.29, 0.717) is 50.2 Å². The standard InChI is InChI=1S/C32H26FN3O7S/c1-36(44(4,38)39)23-16-27-21(28(31(34)37)30(42-27)17-8-11-19(33)12-9-17)15-20(23)18-10-13-24(40-2)22(14-18)32-35-29-25(41-3)6-5-7-26(29)43-32/h5-16H,1-4H3,(H2,34,37). The fourth-order valence-corrected chi connectivity index (χ4v) is 5.61. The first-order chi connectivity index (χ1) is 21.0. The summed E-state index contributed by atoms with van der Waals surface area (Å²) >= 11 is 0. The Morgan fingerprint density at radius 3 is 2.25 bits per heavy atom. The average Bonchev–Trinajstić information content (AvgIpc) is 3.61. The van der Waals surface area contributed by atoms with Crippen LogP contribution in [-0.2, 0) is 10.0 Å². The van der Waals surface area contributed by atoms with Crippen molar-refractivity contribution in [1.82, 2.24) is 4.98 Å². The lowest BCUT2D eigenvalue weighted by Crippen LogP contribution is -2.25. The number of ether oxygens (including phenoxy) is 2. The van der Waals surface area contributed by atoms with Crippen molar-refractivity contribution in [2.75, 3.05) is 31.8 Å². The first kappa shape index (κ1) is 28.7. The van der Waals surface area contributed by atoms with Gasteiger partial charge in [0.1, 0.15) is 28.7 Å². The molecule has 0 aliphatic carbocycles. The van der Waals surface area contributed by atoms with Crippen molar-refractivity contribution in [3.05, 3.63) is 84.2 Å². The highest BCUT2D eigenvalue weighted by Gasteiger charge is 2.26. The SMILES string of the molecule is COc1ccc(-c2cc3c(C(N)=O)c(-c4ccc(F)cc4)oc3cc2N(C)S(C)(=O)=O)cc1-c1nc2c(OC)cccc2o1. The predicted molar refractivity (Wildman–Crippen MR) is 165 cm³/mol. The summed E-state index contributed by atoms with van der Waals surface area (Å²) in [5, 5.41) is 0.349. The van der Waals surface area contributed by atoms with Crippen molar-refractivity contribution in [2.45, 2.75) is 0 Å². The highest BCUT2D eigenvalue weighted by Crippen LogP contribution is 2.43. The number of hydrogen-bond acceptors (Lipinski definition) is 8. The van der Waals surface area contributed by atoms with Crippen LogP contribution in [0.1, 0.15) is 10.4 Å². The van der Waals surface area contributed by atoms with E-state index in [1.165, 1.54) is 51.6 Å². The fourth-order valence-electron chi connectivity index (χ4n) is 5.10. The van der Waals surface area contributed by atoms with Gasteiger partial charge in [-0.3, -0.25) is 9.10 Å². The minimum absolute atomic E-state index is 0.0706. The van der Waals surface area contributed by atoms with Gasteiger partial charge in [0.2, 0.25) is 15.9 Å². The molecule has 44 heavy (non-hydrogen) atoms. The molecule has 0 bridgehead atoms. The van der Waals surface area contributed by atoms with Crippen LogP contribution >= 0.6 is 0 Å². The van der Waals surface area contributed by atoms with Crippen molar-refractivity contribution >= 4 is 43.7 Å². The number of fused-ring (bicyclic) bond motifs is 2. The van der Waals surface area contributed by atoms with Crippen LogP contribution in [0.25, 0.3) is 56.0 Å². The van der Waals surface area contributed by atoms with E-state index >= 15 is 0 Å². The maximum Gasteiger partial charge on any atom is 0.253 e. The summed E-state index contributed by atoms with van der Waals surface area (Å²) in [5.41, 5.74) is 9.32. The first-order valence-corrected chi connectivity index (χ1v) is 15.1. The Morgan fingerprint density at radius 1 is 0.886 bits per heavy atom. The van der Waals surface area contributed by atoms with Crippen LogP contribution in [0.15, 0.2) is 81.6 Å². The highest BCUT2D eigenvalue weighted by atomic mass is 32.2. The van der Waals surface area contributed by atoms with E-state index in [4.69, 9.17) is 24.0 Å². The smallest absolute Gasteiger partial charge is 0.253 e. The minimum atomic E-state index is -3.74. The fraction of sp³-hybridized carbons (Fsp3) is 0.125. The third-order valence-corrected chi connectivity index (χ3v) is 8.53. The van der Waals surface area contributed by atoms with Gasteiger partial charge in [-0.05, 0) is 60.2 Å². The second kappa shape index (κ2) is 10.7. The molecular weight excluding hydrogens is 589 g/mol. The molecule has 0 fully saturated rings. The van der Waals surface area contributed by atoms with Crippen molar-refractivity contribution < 1.29 is 35.9 Å². The first-order valence-electron chi connectivity index (χ1n) is 13.2. The second-order valence-corrected chi connectivity index (χ2v) is 12.0. The Kier molecular flexibility index (Phi) is 7.01. The molecular formula is C32H26FN3O7S. The molecule has 2 aromatic heterocycles. The van der Waals surface area contributed by atoms with Crippen molar-refractivity contribution in [3.8, 4) is 45.4 Å². The van der Waals surface area contributed by atoms with Gasteiger partial charge in [-0.25, -0.2) is 17.8 Å². The van der Waals surface area contributed by atoms with Gasteiger partial charge in [0.25, 0.3) is 5.91 Å². The number of nitrogens with two attached hydrogens (primary N) is 1. The lowest BCUT2D eigenvalue weighted by molar-refractivity contribution is 0.100. The summed E-state index contributed by atoms with van der Waals surface area (Å²) in [4.78, 5) is 17.4. The van der Waals surface area contributed by atoms with Gasteiger partial charge in [0.15, 0.2) is 11.1 Å². The number of carbonyl (C=O) groups is 1. The van der Waals surface area contributed by atoms with E-state index in [0.717, 1.165) is 10.6 Å².